The number of aromatic nitrogens is 7. The lowest BCUT2D eigenvalue weighted by molar-refractivity contribution is 0.291. The smallest absolute Gasteiger partial charge is 0.335 e. The second-order valence-corrected chi connectivity index (χ2v) is 8.24. The van der Waals surface area contributed by atoms with E-state index < -0.39 is 0 Å². The molecule has 2 heterocycles. The summed E-state index contributed by atoms with van der Waals surface area (Å²) >= 11 is 0. The van der Waals surface area contributed by atoms with E-state index in [2.05, 4.69) is 81.8 Å². The first-order chi connectivity index (χ1) is 15.6. The minimum Gasteiger partial charge on any atom is -0.462 e. The third-order valence-corrected chi connectivity index (χ3v) is 5.23. The molecule has 1 N–H and O–H groups in total. The minimum absolute atomic E-state index is 0.469. The number of tetrazole rings is 1. The van der Waals surface area contributed by atoms with Crippen LogP contribution >= 0.6 is 0 Å². The summed E-state index contributed by atoms with van der Waals surface area (Å²) in [6.07, 6.45) is 2.89. The van der Waals surface area contributed by atoms with Crippen molar-refractivity contribution in [2.45, 2.75) is 46.6 Å². The van der Waals surface area contributed by atoms with E-state index in [4.69, 9.17) is 4.74 Å². The van der Waals surface area contributed by atoms with Crippen molar-refractivity contribution in [2.75, 3.05) is 6.61 Å². The zero-order valence-corrected chi connectivity index (χ0v) is 18.8. The van der Waals surface area contributed by atoms with Crippen LogP contribution in [0, 0.1) is 5.92 Å². The molecule has 166 valence electrons. The maximum Gasteiger partial charge on any atom is 0.335 e. The number of nitrogens with one attached hydrogen (secondary N) is 1. The first-order valence-corrected chi connectivity index (χ1v) is 11.1. The standard InChI is InChI=1S/C24H29N7O/c1-4-15-32-24-25-22(14-9-17(2)3)31(28-24)16-18-10-12-19(13-11-18)20-7-5-6-8-21(20)23-26-29-30-27-23/h5-8,10-13,17H,4,9,14-16H2,1-3H3,(H,26,27,29,30). The molecule has 2 aromatic carbocycles. The molecule has 0 atom stereocenters. The lowest BCUT2D eigenvalue weighted by Crippen LogP contribution is -2.08. The number of ether oxygens (including phenoxy) is 1. The molecule has 0 unspecified atom stereocenters. The number of aryl methyl sites for hydroxylation is 1. The van der Waals surface area contributed by atoms with Crippen molar-refractivity contribution in [2.24, 2.45) is 5.92 Å². The third-order valence-electron chi connectivity index (χ3n) is 5.23. The van der Waals surface area contributed by atoms with Gasteiger partial charge in [0.2, 0.25) is 0 Å². The Kier molecular flexibility index (Phi) is 6.89. The number of aromatic amines is 1. The molecule has 32 heavy (non-hydrogen) atoms. The molecule has 4 rings (SSSR count). The van der Waals surface area contributed by atoms with Gasteiger partial charge in [-0.15, -0.1) is 10.2 Å². The summed E-state index contributed by atoms with van der Waals surface area (Å²) < 4.78 is 7.65. The van der Waals surface area contributed by atoms with Crippen LogP contribution < -0.4 is 4.74 Å². The van der Waals surface area contributed by atoms with Gasteiger partial charge in [-0.25, -0.2) is 9.78 Å². The molecular weight excluding hydrogens is 402 g/mol. The Morgan fingerprint density at radius 2 is 1.81 bits per heavy atom. The van der Waals surface area contributed by atoms with E-state index in [0.717, 1.165) is 47.3 Å². The molecule has 0 aliphatic rings. The average Bonchev–Trinajstić information content (AvgIpc) is 3.47. The third kappa shape index (κ3) is 5.19. The van der Waals surface area contributed by atoms with Gasteiger partial charge in [0.15, 0.2) is 5.82 Å². The van der Waals surface area contributed by atoms with Crippen molar-refractivity contribution >= 4 is 0 Å². The van der Waals surface area contributed by atoms with Crippen molar-refractivity contribution in [3.8, 4) is 28.5 Å². The first kappa shape index (κ1) is 21.7. The highest BCUT2D eigenvalue weighted by Crippen LogP contribution is 2.29. The van der Waals surface area contributed by atoms with Gasteiger partial charge in [0, 0.05) is 12.0 Å². The molecule has 0 bridgehead atoms. The lowest BCUT2D eigenvalue weighted by atomic mass is 9.98. The normalized spacial score (nSPS) is 11.2. The summed E-state index contributed by atoms with van der Waals surface area (Å²) in [6.45, 7) is 7.81. The maximum atomic E-state index is 5.68. The Morgan fingerprint density at radius 1 is 1.03 bits per heavy atom. The van der Waals surface area contributed by atoms with Crippen molar-refractivity contribution in [3.63, 3.8) is 0 Å². The predicted molar refractivity (Wildman–Crippen MR) is 123 cm³/mol. The minimum atomic E-state index is 0.469. The Balaban J connectivity index is 1.55. The molecule has 0 saturated heterocycles. The van der Waals surface area contributed by atoms with Gasteiger partial charge < -0.3 is 4.74 Å². The van der Waals surface area contributed by atoms with E-state index >= 15 is 0 Å². The second-order valence-electron chi connectivity index (χ2n) is 8.24. The summed E-state index contributed by atoms with van der Waals surface area (Å²) in [5.74, 6) is 2.23. The Hall–Kier alpha value is -3.55. The Morgan fingerprint density at radius 3 is 2.50 bits per heavy atom. The van der Waals surface area contributed by atoms with Crippen LogP contribution in [0.2, 0.25) is 0 Å². The summed E-state index contributed by atoms with van der Waals surface area (Å²) in [7, 11) is 0. The van der Waals surface area contributed by atoms with Crippen molar-refractivity contribution in [1.29, 1.82) is 0 Å². The molecule has 8 nitrogen and oxygen atoms in total. The number of rotatable bonds is 10. The van der Waals surface area contributed by atoms with Gasteiger partial charge in [0.05, 0.1) is 13.2 Å². The lowest BCUT2D eigenvalue weighted by Gasteiger charge is -2.10. The number of hydrogen-bond acceptors (Lipinski definition) is 6. The Bertz CT molecular complexity index is 1120. The molecule has 0 radical (unpaired) electrons. The monoisotopic (exact) mass is 431 g/mol. The summed E-state index contributed by atoms with van der Waals surface area (Å²) in [5.41, 5.74) is 4.30. The van der Waals surface area contributed by atoms with Gasteiger partial charge >= 0.3 is 6.01 Å². The predicted octanol–water partition coefficient (Wildman–Crippen LogP) is 4.55. The highest BCUT2D eigenvalue weighted by Gasteiger charge is 2.13. The SMILES string of the molecule is CCCOc1nc(CCC(C)C)n(Cc2ccc(-c3ccccc3-c3nnn[nH]3)cc2)n1. The zero-order valence-electron chi connectivity index (χ0n) is 18.8. The van der Waals surface area contributed by atoms with Crippen LogP contribution in [0.4, 0.5) is 0 Å². The van der Waals surface area contributed by atoms with Crippen LogP contribution in [0.25, 0.3) is 22.5 Å². The van der Waals surface area contributed by atoms with Crippen LogP contribution in [0.1, 0.15) is 45.0 Å². The molecule has 0 fully saturated rings. The van der Waals surface area contributed by atoms with E-state index in [1.807, 2.05) is 22.9 Å². The van der Waals surface area contributed by atoms with Crippen LogP contribution in [0.15, 0.2) is 48.5 Å². The molecule has 0 aliphatic carbocycles. The largest absolute Gasteiger partial charge is 0.462 e. The maximum absolute atomic E-state index is 5.68. The summed E-state index contributed by atoms with van der Waals surface area (Å²) in [5, 5.41) is 18.9. The number of H-pyrrole nitrogens is 1. The van der Waals surface area contributed by atoms with Gasteiger partial charge in [-0.05, 0) is 45.9 Å². The molecule has 0 saturated carbocycles. The summed E-state index contributed by atoms with van der Waals surface area (Å²) in [6, 6.07) is 17.1. The van der Waals surface area contributed by atoms with E-state index in [1.165, 1.54) is 0 Å². The van der Waals surface area contributed by atoms with Crippen LogP contribution in [0.5, 0.6) is 6.01 Å². The first-order valence-electron chi connectivity index (χ1n) is 11.1. The van der Waals surface area contributed by atoms with Crippen LogP contribution in [-0.2, 0) is 13.0 Å². The van der Waals surface area contributed by atoms with Gasteiger partial charge in [0.1, 0.15) is 5.82 Å². The van der Waals surface area contributed by atoms with Gasteiger partial charge in [-0.3, -0.25) is 0 Å². The molecule has 8 heteroatoms. The molecule has 0 amide bonds. The van der Waals surface area contributed by atoms with Crippen molar-refractivity contribution in [3.05, 3.63) is 59.9 Å². The fourth-order valence-electron chi connectivity index (χ4n) is 3.51. The number of benzene rings is 2. The van der Waals surface area contributed by atoms with E-state index in [0.29, 0.717) is 30.9 Å². The Labute approximate surface area is 188 Å². The topological polar surface area (TPSA) is 94.4 Å². The highest BCUT2D eigenvalue weighted by molar-refractivity contribution is 5.80. The van der Waals surface area contributed by atoms with Crippen molar-refractivity contribution < 1.29 is 4.74 Å². The fourth-order valence-corrected chi connectivity index (χ4v) is 3.51. The quantitative estimate of drug-likeness (QED) is 0.396. The van der Waals surface area contributed by atoms with Gasteiger partial charge in [0.25, 0.3) is 0 Å². The molecule has 0 spiro atoms. The highest BCUT2D eigenvalue weighted by atomic mass is 16.5. The molecule has 4 aromatic rings. The molecule has 0 aliphatic heterocycles. The molecule has 2 aromatic heterocycles. The number of nitrogens with zero attached hydrogens (tertiary/aromatic N) is 6. The van der Waals surface area contributed by atoms with Crippen LogP contribution in [0.3, 0.4) is 0 Å². The zero-order chi connectivity index (χ0) is 22.3. The van der Waals surface area contributed by atoms with Gasteiger partial charge in [-0.2, -0.15) is 4.98 Å². The van der Waals surface area contributed by atoms with E-state index in [1.54, 1.807) is 0 Å². The number of hydrogen-bond donors (Lipinski definition) is 1. The van der Waals surface area contributed by atoms with Crippen molar-refractivity contribution in [1.82, 2.24) is 35.4 Å². The summed E-state index contributed by atoms with van der Waals surface area (Å²) in [4.78, 5) is 4.63. The fraction of sp³-hybridized carbons (Fsp3) is 0.375. The van der Waals surface area contributed by atoms with E-state index in [-0.39, 0.29) is 0 Å². The van der Waals surface area contributed by atoms with E-state index in [9.17, 15) is 0 Å². The average molecular weight is 432 g/mol. The molecular formula is C24H29N7O. The van der Waals surface area contributed by atoms with Crippen LogP contribution in [-0.4, -0.2) is 42.0 Å². The van der Waals surface area contributed by atoms with Gasteiger partial charge in [-0.1, -0.05) is 69.3 Å². The second kappa shape index (κ2) is 10.2.